The van der Waals surface area contributed by atoms with Gasteiger partial charge in [-0.2, -0.15) is 0 Å². The Labute approximate surface area is 90.8 Å². The lowest BCUT2D eigenvalue weighted by Gasteiger charge is -2.26. The molecule has 15 heavy (non-hydrogen) atoms. The van der Waals surface area contributed by atoms with E-state index in [2.05, 4.69) is 16.9 Å². The van der Waals surface area contributed by atoms with E-state index < -0.39 is 0 Å². The molecule has 1 fully saturated rings. The summed E-state index contributed by atoms with van der Waals surface area (Å²) in [4.78, 5) is 6.58. The molecule has 0 amide bonds. The summed E-state index contributed by atoms with van der Waals surface area (Å²) in [5, 5.41) is 9.24. The second kappa shape index (κ2) is 4.62. The fourth-order valence-electron chi connectivity index (χ4n) is 2.34. The van der Waals surface area contributed by atoms with Gasteiger partial charge in [-0.3, -0.25) is 0 Å². The van der Waals surface area contributed by atoms with Gasteiger partial charge in [0.15, 0.2) is 0 Å². The van der Waals surface area contributed by atoms with Gasteiger partial charge < -0.3 is 10.0 Å². The van der Waals surface area contributed by atoms with Gasteiger partial charge in [-0.1, -0.05) is 18.9 Å². The zero-order chi connectivity index (χ0) is 10.7. The lowest BCUT2D eigenvalue weighted by molar-refractivity contribution is 0.281. The van der Waals surface area contributed by atoms with E-state index >= 15 is 0 Å². The molecule has 0 unspecified atom stereocenters. The van der Waals surface area contributed by atoms with E-state index in [9.17, 15) is 5.11 Å². The summed E-state index contributed by atoms with van der Waals surface area (Å²) in [6.45, 7) is 0.0697. The smallest absolute Gasteiger partial charge is 0.134 e. The number of pyridine rings is 1. The number of anilines is 1. The molecule has 0 atom stereocenters. The van der Waals surface area contributed by atoms with Crippen molar-refractivity contribution in [3.63, 3.8) is 0 Å². The minimum absolute atomic E-state index is 0.0697. The Bertz CT molecular complexity index is 321. The van der Waals surface area contributed by atoms with Crippen molar-refractivity contribution in [2.24, 2.45) is 0 Å². The normalized spacial score (nSPS) is 16.9. The van der Waals surface area contributed by atoms with Crippen LogP contribution in [0.25, 0.3) is 0 Å². The van der Waals surface area contributed by atoms with Crippen molar-refractivity contribution in [3.8, 4) is 0 Å². The Kier molecular flexibility index (Phi) is 3.21. The highest BCUT2D eigenvalue weighted by molar-refractivity contribution is 5.46. The summed E-state index contributed by atoms with van der Waals surface area (Å²) >= 11 is 0. The van der Waals surface area contributed by atoms with Crippen LogP contribution >= 0.6 is 0 Å². The van der Waals surface area contributed by atoms with Gasteiger partial charge in [-0.05, 0) is 18.9 Å². The van der Waals surface area contributed by atoms with E-state index in [4.69, 9.17) is 0 Å². The van der Waals surface area contributed by atoms with Crippen LogP contribution in [0.5, 0.6) is 0 Å². The van der Waals surface area contributed by atoms with Crippen molar-refractivity contribution >= 4 is 5.82 Å². The first-order valence-electron chi connectivity index (χ1n) is 5.60. The summed E-state index contributed by atoms with van der Waals surface area (Å²) in [6.07, 6.45) is 6.92. The maximum atomic E-state index is 9.24. The van der Waals surface area contributed by atoms with Gasteiger partial charge in [-0.15, -0.1) is 0 Å². The third-order valence-electron chi connectivity index (χ3n) is 3.24. The molecule has 2 rings (SSSR count). The monoisotopic (exact) mass is 206 g/mol. The molecule has 1 N–H and O–H groups in total. The van der Waals surface area contributed by atoms with Crippen molar-refractivity contribution in [2.45, 2.75) is 38.3 Å². The van der Waals surface area contributed by atoms with Crippen molar-refractivity contribution in [1.82, 2.24) is 4.98 Å². The first-order valence-corrected chi connectivity index (χ1v) is 5.60. The number of aliphatic hydroxyl groups is 1. The number of aliphatic hydroxyl groups excluding tert-OH is 1. The van der Waals surface area contributed by atoms with Gasteiger partial charge in [-0.25, -0.2) is 4.98 Å². The third-order valence-corrected chi connectivity index (χ3v) is 3.24. The van der Waals surface area contributed by atoms with Crippen LogP contribution in [0.1, 0.15) is 31.2 Å². The molecule has 1 heterocycles. The Balaban J connectivity index is 2.19. The Morgan fingerprint density at radius 2 is 2.20 bits per heavy atom. The van der Waals surface area contributed by atoms with Crippen molar-refractivity contribution in [3.05, 3.63) is 23.9 Å². The van der Waals surface area contributed by atoms with Crippen molar-refractivity contribution < 1.29 is 5.11 Å². The SMILES string of the molecule is CN(c1ncccc1CO)C1CCCC1. The van der Waals surface area contributed by atoms with E-state index in [1.165, 1.54) is 25.7 Å². The lowest BCUT2D eigenvalue weighted by atomic mass is 10.2. The molecule has 1 aliphatic carbocycles. The minimum Gasteiger partial charge on any atom is -0.392 e. The van der Waals surface area contributed by atoms with Crippen LogP contribution in [0.3, 0.4) is 0 Å². The maximum Gasteiger partial charge on any atom is 0.134 e. The second-order valence-corrected chi connectivity index (χ2v) is 4.19. The zero-order valence-corrected chi connectivity index (χ0v) is 9.19. The summed E-state index contributed by atoms with van der Waals surface area (Å²) in [5.41, 5.74) is 0.923. The number of aromatic nitrogens is 1. The summed E-state index contributed by atoms with van der Waals surface area (Å²) in [6, 6.07) is 4.41. The molecule has 0 spiro atoms. The molecule has 1 aromatic heterocycles. The van der Waals surface area contributed by atoms with Crippen LogP contribution in [0.15, 0.2) is 18.3 Å². The van der Waals surface area contributed by atoms with Gasteiger partial charge in [0.1, 0.15) is 5.82 Å². The first kappa shape index (κ1) is 10.4. The molecule has 1 aliphatic rings. The van der Waals surface area contributed by atoms with Crippen molar-refractivity contribution in [1.29, 1.82) is 0 Å². The number of hydrogen-bond donors (Lipinski definition) is 1. The van der Waals surface area contributed by atoms with Crippen molar-refractivity contribution in [2.75, 3.05) is 11.9 Å². The van der Waals surface area contributed by atoms with Gasteiger partial charge in [0.25, 0.3) is 0 Å². The van der Waals surface area contributed by atoms with Gasteiger partial charge in [0, 0.05) is 24.8 Å². The first-order chi connectivity index (χ1) is 7.33. The quantitative estimate of drug-likeness (QED) is 0.821. The Hall–Kier alpha value is -1.09. The van der Waals surface area contributed by atoms with Crippen LogP contribution < -0.4 is 4.90 Å². The largest absolute Gasteiger partial charge is 0.392 e. The van der Waals surface area contributed by atoms with Gasteiger partial charge >= 0.3 is 0 Å². The third kappa shape index (κ3) is 2.12. The molecule has 0 bridgehead atoms. The molecule has 0 saturated heterocycles. The van der Waals surface area contributed by atoms with Gasteiger partial charge in [0.05, 0.1) is 6.61 Å². The fourth-order valence-corrected chi connectivity index (χ4v) is 2.34. The Morgan fingerprint density at radius 1 is 1.47 bits per heavy atom. The average molecular weight is 206 g/mol. The topological polar surface area (TPSA) is 36.4 Å². The Morgan fingerprint density at radius 3 is 2.87 bits per heavy atom. The average Bonchev–Trinajstić information content (AvgIpc) is 2.81. The minimum atomic E-state index is 0.0697. The molecule has 1 saturated carbocycles. The van der Waals surface area contributed by atoms with Crippen LogP contribution in [0, 0.1) is 0 Å². The molecular weight excluding hydrogens is 188 g/mol. The molecular formula is C12H18N2O. The highest BCUT2D eigenvalue weighted by Crippen LogP contribution is 2.27. The second-order valence-electron chi connectivity index (χ2n) is 4.19. The van der Waals surface area contributed by atoms with E-state index in [0.717, 1.165) is 11.4 Å². The molecule has 0 aromatic carbocycles. The zero-order valence-electron chi connectivity index (χ0n) is 9.19. The van der Waals surface area contributed by atoms with Crippen LogP contribution in [0.2, 0.25) is 0 Å². The van der Waals surface area contributed by atoms with E-state index in [0.29, 0.717) is 6.04 Å². The lowest BCUT2D eigenvalue weighted by Crippen LogP contribution is -2.30. The van der Waals surface area contributed by atoms with E-state index in [-0.39, 0.29) is 6.61 Å². The van der Waals surface area contributed by atoms with Gasteiger partial charge in [0.2, 0.25) is 0 Å². The van der Waals surface area contributed by atoms with E-state index in [1.807, 2.05) is 12.1 Å². The molecule has 0 aliphatic heterocycles. The standard InChI is InChI=1S/C12H18N2O/c1-14(11-6-2-3-7-11)12-10(9-15)5-4-8-13-12/h4-5,8,11,15H,2-3,6-7,9H2,1H3. The number of hydrogen-bond acceptors (Lipinski definition) is 3. The predicted molar refractivity (Wildman–Crippen MR) is 60.8 cm³/mol. The number of nitrogens with zero attached hydrogens (tertiary/aromatic N) is 2. The van der Waals surface area contributed by atoms with Crippen LogP contribution in [-0.2, 0) is 6.61 Å². The highest BCUT2D eigenvalue weighted by atomic mass is 16.3. The summed E-state index contributed by atoms with van der Waals surface area (Å²) in [7, 11) is 2.08. The molecule has 3 nitrogen and oxygen atoms in total. The molecule has 1 aromatic rings. The molecule has 3 heteroatoms. The van der Waals surface area contributed by atoms with Crippen LogP contribution in [0.4, 0.5) is 5.82 Å². The molecule has 82 valence electrons. The molecule has 0 radical (unpaired) electrons. The van der Waals surface area contributed by atoms with Crippen LogP contribution in [-0.4, -0.2) is 23.2 Å². The van der Waals surface area contributed by atoms with E-state index in [1.54, 1.807) is 6.20 Å². The predicted octanol–water partition coefficient (Wildman–Crippen LogP) is 1.95. The highest BCUT2D eigenvalue weighted by Gasteiger charge is 2.21. The summed E-state index contributed by atoms with van der Waals surface area (Å²) in [5.74, 6) is 0.937. The maximum absolute atomic E-state index is 9.24. The summed E-state index contributed by atoms with van der Waals surface area (Å²) < 4.78 is 0. The number of rotatable bonds is 3. The fraction of sp³-hybridized carbons (Fsp3) is 0.583.